The first-order valence-corrected chi connectivity index (χ1v) is 9.35. The smallest absolute Gasteiger partial charge is 0.408 e. The Bertz CT molecular complexity index is 779. The summed E-state index contributed by atoms with van der Waals surface area (Å²) in [7, 11) is 0. The first-order chi connectivity index (χ1) is 13.1. The number of aromatic nitrogens is 1. The fraction of sp³-hybridized carbons (Fsp3) is 0.350. The summed E-state index contributed by atoms with van der Waals surface area (Å²) < 4.78 is 5.27. The molecule has 1 saturated heterocycles. The predicted octanol–water partition coefficient (Wildman–Crippen LogP) is 3.31. The number of hydrogen-bond acceptors (Lipinski definition) is 5. The first-order valence-electron chi connectivity index (χ1n) is 8.97. The quantitative estimate of drug-likeness (QED) is 0.738. The van der Waals surface area contributed by atoms with Crippen LogP contribution in [0.1, 0.15) is 28.9 Å². The summed E-state index contributed by atoms with van der Waals surface area (Å²) in [6.45, 7) is 2.39. The number of Topliss-reactive ketones (excluding diaryl/α,β-unsaturated/α-hetero) is 1. The minimum atomic E-state index is -0.739. The normalized spacial score (nSPS) is 15.3. The van der Waals surface area contributed by atoms with Gasteiger partial charge >= 0.3 is 6.09 Å². The average molecular weight is 388 g/mol. The van der Waals surface area contributed by atoms with Gasteiger partial charge in [0.2, 0.25) is 5.78 Å². The van der Waals surface area contributed by atoms with Gasteiger partial charge in [-0.3, -0.25) is 9.78 Å². The third kappa shape index (κ3) is 5.77. The van der Waals surface area contributed by atoms with Crippen molar-refractivity contribution in [1.29, 1.82) is 0 Å². The van der Waals surface area contributed by atoms with Crippen LogP contribution in [0.4, 0.5) is 4.79 Å². The van der Waals surface area contributed by atoms with E-state index in [1.807, 2.05) is 30.3 Å². The van der Waals surface area contributed by atoms with Crippen LogP contribution in [-0.2, 0) is 11.3 Å². The van der Waals surface area contributed by atoms with Crippen molar-refractivity contribution >= 4 is 23.5 Å². The number of amides is 1. The molecule has 0 aliphatic carbocycles. The van der Waals surface area contributed by atoms with Gasteiger partial charge in [0.05, 0.1) is 0 Å². The second-order valence-corrected chi connectivity index (χ2v) is 6.93. The van der Waals surface area contributed by atoms with Gasteiger partial charge in [-0.2, -0.15) is 0 Å². The van der Waals surface area contributed by atoms with Gasteiger partial charge in [0, 0.05) is 17.8 Å². The summed E-state index contributed by atoms with van der Waals surface area (Å²) in [6, 6.07) is 11.8. The fourth-order valence-electron chi connectivity index (χ4n) is 3.04. The Labute approximate surface area is 163 Å². The molecule has 1 fully saturated rings. The first kappa shape index (κ1) is 19.3. The van der Waals surface area contributed by atoms with Crippen LogP contribution in [0.5, 0.6) is 0 Å². The molecular weight excluding hydrogens is 366 g/mol. The van der Waals surface area contributed by atoms with Crippen LogP contribution in [0.3, 0.4) is 0 Å². The summed E-state index contributed by atoms with van der Waals surface area (Å²) in [6.07, 6.45) is 3.04. The molecule has 142 valence electrons. The Kier molecular flexibility index (Phi) is 6.79. The van der Waals surface area contributed by atoms with E-state index in [2.05, 4.69) is 15.2 Å². The zero-order valence-corrected chi connectivity index (χ0v) is 15.7. The Morgan fingerprint density at radius 2 is 1.93 bits per heavy atom. The zero-order chi connectivity index (χ0) is 19.1. The second-order valence-electron chi connectivity index (χ2n) is 6.49. The molecule has 1 atom stereocenters. The standard InChI is InChI=1S/C20H22ClN3O3/c21-16-8-9-22-17(12-16)19(25)18(13-24-10-4-5-11-24)23-20(26)27-14-15-6-2-1-3-7-15/h1-3,6-9,12,18H,4-5,10-11,13-14H2,(H,23,26). The maximum atomic E-state index is 12.9. The number of halogens is 1. The maximum absolute atomic E-state index is 12.9. The molecule has 27 heavy (non-hydrogen) atoms. The summed E-state index contributed by atoms with van der Waals surface area (Å²) >= 11 is 5.97. The predicted molar refractivity (Wildman–Crippen MR) is 103 cm³/mol. The number of nitrogens with one attached hydrogen (secondary N) is 1. The number of rotatable bonds is 7. The summed E-state index contributed by atoms with van der Waals surface area (Å²) in [4.78, 5) is 31.4. The Hall–Kier alpha value is -2.44. The molecule has 6 nitrogen and oxygen atoms in total. The monoisotopic (exact) mass is 387 g/mol. The van der Waals surface area contributed by atoms with Crippen molar-refractivity contribution in [2.24, 2.45) is 0 Å². The van der Waals surface area contributed by atoms with Crippen molar-refractivity contribution in [3.05, 3.63) is 64.9 Å². The highest BCUT2D eigenvalue weighted by atomic mass is 35.5. The lowest BCUT2D eigenvalue weighted by atomic mass is 10.1. The van der Waals surface area contributed by atoms with Crippen LogP contribution in [0.2, 0.25) is 5.02 Å². The summed E-state index contributed by atoms with van der Waals surface area (Å²) in [5, 5.41) is 3.13. The maximum Gasteiger partial charge on any atom is 0.408 e. The van der Waals surface area contributed by atoms with E-state index in [9.17, 15) is 9.59 Å². The van der Waals surface area contributed by atoms with E-state index in [0.29, 0.717) is 11.6 Å². The molecule has 1 N–H and O–H groups in total. The van der Waals surface area contributed by atoms with Crippen molar-refractivity contribution in [3.8, 4) is 0 Å². The molecule has 2 aromatic rings. The van der Waals surface area contributed by atoms with Crippen LogP contribution in [-0.4, -0.2) is 47.4 Å². The van der Waals surface area contributed by atoms with Gasteiger partial charge < -0.3 is 15.0 Å². The number of hydrogen-bond donors (Lipinski definition) is 1. The number of carbonyl (C=O) groups excluding carboxylic acids is 2. The van der Waals surface area contributed by atoms with E-state index in [1.54, 1.807) is 6.07 Å². The van der Waals surface area contributed by atoms with Crippen LogP contribution in [0, 0.1) is 0 Å². The molecule has 1 aromatic carbocycles. The minimum absolute atomic E-state index is 0.146. The molecular formula is C20H22ClN3O3. The molecule has 1 aliphatic rings. The van der Waals surface area contributed by atoms with Gasteiger partial charge in [0.15, 0.2) is 0 Å². The van der Waals surface area contributed by atoms with E-state index in [1.165, 1.54) is 12.3 Å². The lowest BCUT2D eigenvalue weighted by Crippen LogP contribution is -2.48. The average Bonchev–Trinajstić information content (AvgIpc) is 3.19. The molecule has 1 amide bonds. The van der Waals surface area contributed by atoms with Crippen LogP contribution in [0.15, 0.2) is 48.7 Å². The summed E-state index contributed by atoms with van der Waals surface area (Å²) in [5.41, 5.74) is 1.11. The number of ether oxygens (including phenoxy) is 1. The van der Waals surface area contributed by atoms with Crippen molar-refractivity contribution < 1.29 is 14.3 Å². The Balaban J connectivity index is 1.65. The molecule has 2 heterocycles. The number of nitrogens with zero attached hydrogens (tertiary/aromatic N) is 2. The molecule has 3 rings (SSSR count). The van der Waals surface area contributed by atoms with E-state index in [0.717, 1.165) is 31.5 Å². The van der Waals surface area contributed by atoms with Crippen molar-refractivity contribution in [3.63, 3.8) is 0 Å². The molecule has 0 saturated carbocycles. The SMILES string of the molecule is O=C(NC(CN1CCCC1)C(=O)c1cc(Cl)ccn1)OCc1ccccc1. The zero-order valence-electron chi connectivity index (χ0n) is 14.9. The van der Waals surface area contributed by atoms with E-state index < -0.39 is 12.1 Å². The molecule has 0 spiro atoms. The minimum Gasteiger partial charge on any atom is -0.445 e. The molecule has 1 aromatic heterocycles. The number of likely N-dealkylation sites (tertiary alicyclic amines) is 1. The highest BCUT2D eigenvalue weighted by Gasteiger charge is 2.27. The molecule has 1 aliphatic heterocycles. The third-order valence-electron chi connectivity index (χ3n) is 4.44. The number of alkyl carbamates (subject to hydrolysis) is 1. The number of carbonyl (C=O) groups is 2. The number of benzene rings is 1. The van der Waals surface area contributed by atoms with Gasteiger partial charge in [0.25, 0.3) is 0 Å². The second kappa shape index (κ2) is 9.48. The number of pyridine rings is 1. The van der Waals surface area contributed by atoms with Gasteiger partial charge in [0.1, 0.15) is 18.3 Å². The topological polar surface area (TPSA) is 71.5 Å². The Morgan fingerprint density at radius 3 is 2.63 bits per heavy atom. The van der Waals surface area contributed by atoms with E-state index in [-0.39, 0.29) is 18.1 Å². The van der Waals surface area contributed by atoms with Gasteiger partial charge in [-0.25, -0.2) is 4.79 Å². The highest BCUT2D eigenvalue weighted by Crippen LogP contribution is 2.13. The Morgan fingerprint density at radius 1 is 1.19 bits per heavy atom. The summed E-state index contributed by atoms with van der Waals surface area (Å²) in [5.74, 6) is -0.277. The van der Waals surface area contributed by atoms with E-state index >= 15 is 0 Å². The van der Waals surface area contributed by atoms with Gasteiger partial charge in [-0.05, 0) is 43.6 Å². The highest BCUT2D eigenvalue weighted by molar-refractivity contribution is 6.30. The molecule has 1 unspecified atom stereocenters. The lowest BCUT2D eigenvalue weighted by molar-refractivity contribution is 0.0885. The van der Waals surface area contributed by atoms with Crippen LogP contribution >= 0.6 is 11.6 Å². The van der Waals surface area contributed by atoms with Crippen molar-refractivity contribution in [2.75, 3.05) is 19.6 Å². The van der Waals surface area contributed by atoms with Gasteiger partial charge in [-0.1, -0.05) is 41.9 Å². The molecule has 7 heteroatoms. The van der Waals surface area contributed by atoms with Crippen LogP contribution < -0.4 is 5.32 Å². The van der Waals surface area contributed by atoms with Crippen LogP contribution in [0.25, 0.3) is 0 Å². The number of ketones is 1. The molecule has 0 radical (unpaired) electrons. The third-order valence-corrected chi connectivity index (χ3v) is 4.67. The fourth-order valence-corrected chi connectivity index (χ4v) is 3.20. The van der Waals surface area contributed by atoms with E-state index in [4.69, 9.17) is 16.3 Å². The lowest BCUT2D eigenvalue weighted by Gasteiger charge is -2.23. The largest absolute Gasteiger partial charge is 0.445 e. The van der Waals surface area contributed by atoms with Crippen molar-refractivity contribution in [1.82, 2.24) is 15.2 Å². The molecule has 0 bridgehead atoms. The van der Waals surface area contributed by atoms with Crippen molar-refractivity contribution in [2.45, 2.75) is 25.5 Å². The van der Waals surface area contributed by atoms with Gasteiger partial charge in [-0.15, -0.1) is 0 Å².